The van der Waals surface area contributed by atoms with Crippen molar-refractivity contribution in [1.82, 2.24) is 4.90 Å². The zero-order valence-electron chi connectivity index (χ0n) is 7.01. The Morgan fingerprint density at radius 3 is 2.80 bits per heavy atom. The van der Waals surface area contributed by atoms with Crippen molar-refractivity contribution in [2.45, 2.75) is 32.2 Å². The number of likely N-dealkylation sites (tertiary alicyclic amines) is 1. The highest BCUT2D eigenvalue weighted by Gasteiger charge is 2.39. The maximum absolute atomic E-state index is 2.56. The van der Waals surface area contributed by atoms with E-state index in [-0.39, 0.29) is 0 Å². The first-order valence-corrected chi connectivity index (χ1v) is 4.49. The van der Waals surface area contributed by atoms with Crippen molar-refractivity contribution in [2.24, 2.45) is 11.8 Å². The van der Waals surface area contributed by atoms with Gasteiger partial charge < -0.3 is 4.90 Å². The minimum absolute atomic E-state index is 0.954. The first-order chi connectivity index (χ1) is 4.79. The van der Waals surface area contributed by atoms with E-state index in [2.05, 4.69) is 18.9 Å². The highest BCUT2D eigenvalue weighted by molar-refractivity contribution is 4.93. The normalized spacial score (nSPS) is 48.0. The average molecular weight is 139 g/mol. The molecule has 0 aromatic rings. The lowest BCUT2D eigenvalue weighted by atomic mass is 9.95. The van der Waals surface area contributed by atoms with Gasteiger partial charge in [-0.1, -0.05) is 13.3 Å². The van der Waals surface area contributed by atoms with Crippen molar-refractivity contribution in [3.63, 3.8) is 0 Å². The molecule has 0 N–H and O–H groups in total. The standard InChI is InChI=1S/C9H17N/c1-7-6-10(2)9-5-3-4-8(7)9/h7-9H,3-6H2,1-2H3. The van der Waals surface area contributed by atoms with Gasteiger partial charge in [0, 0.05) is 12.6 Å². The molecule has 1 aliphatic carbocycles. The van der Waals surface area contributed by atoms with Crippen LogP contribution in [0.1, 0.15) is 26.2 Å². The van der Waals surface area contributed by atoms with Gasteiger partial charge in [-0.05, 0) is 31.7 Å². The first kappa shape index (κ1) is 6.66. The lowest BCUT2D eigenvalue weighted by Crippen LogP contribution is -2.25. The third-order valence-corrected chi connectivity index (χ3v) is 3.40. The van der Waals surface area contributed by atoms with Gasteiger partial charge in [0.25, 0.3) is 0 Å². The van der Waals surface area contributed by atoms with Crippen LogP contribution in [0.25, 0.3) is 0 Å². The van der Waals surface area contributed by atoms with Crippen molar-refractivity contribution in [2.75, 3.05) is 13.6 Å². The second-order valence-corrected chi connectivity index (χ2v) is 4.08. The Morgan fingerprint density at radius 1 is 1.30 bits per heavy atom. The molecule has 1 heteroatoms. The topological polar surface area (TPSA) is 3.24 Å². The molecular weight excluding hydrogens is 122 g/mol. The van der Waals surface area contributed by atoms with Crippen LogP contribution in [0.15, 0.2) is 0 Å². The van der Waals surface area contributed by atoms with Gasteiger partial charge in [0.2, 0.25) is 0 Å². The van der Waals surface area contributed by atoms with Crippen LogP contribution in [0.3, 0.4) is 0 Å². The number of fused-ring (bicyclic) bond motifs is 1. The molecule has 2 fully saturated rings. The lowest BCUT2D eigenvalue weighted by Gasteiger charge is -2.17. The Bertz CT molecular complexity index is 119. The molecule has 3 atom stereocenters. The van der Waals surface area contributed by atoms with Gasteiger partial charge in [-0.15, -0.1) is 0 Å². The van der Waals surface area contributed by atoms with Gasteiger partial charge in [-0.2, -0.15) is 0 Å². The summed E-state index contributed by atoms with van der Waals surface area (Å²) in [6, 6.07) is 0.954. The molecule has 3 unspecified atom stereocenters. The Morgan fingerprint density at radius 2 is 2.10 bits per heavy atom. The first-order valence-electron chi connectivity index (χ1n) is 4.49. The average Bonchev–Trinajstić information content (AvgIpc) is 2.39. The number of hydrogen-bond acceptors (Lipinski definition) is 1. The quantitative estimate of drug-likeness (QED) is 0.494. The van der Waals surface area contributed by atoms with Crippen LogP contribution < -0.4 is 0 Å². The Balaban J connectivity index is 2.11. The molecule has 0 aromatic heterocycles. The smallest absolute Gasteiger partial charge is 0.0124 e. The number of hydrogen-bond donors (Lipinski definition) is 0. The predicted octanol–water partition coefficient (Wildman–Crippen LogP) is 1.74. The van der Waals surface area contributed by atoms with E-state index >= 15 is 0 Å². The summed E-state index contributed by atoms with van der Waals surface area (Å²) >= 11 is 0. The van der Waals surface area contributed by atoms with E-state index in [0.29, 0.717) is 0 Å². The van der Waals surface area contributed by atoms with E-state index in [4.69, 9.17) is 0 Å². The zero-order valence-corrected chi connectivity index (χ0v) is 7.01. The Kier molecular flexibility index (Phi) is 1.48. The Hall–Kier alpha value is -0.0400. The molecule has 0 radical (unpaired) electrons. The van der Waals surface area contributed by atoms with Gasteiger partial charge in [0.15, 0.2) is 0 Å². The fourth-order valence-corrected chi connectivity index (χ4v) is 2.91. The molecule has 1 nitrogen and oxygen atoms in total. The van der Waals surface area contributed by atoms with E-state index < -0.39 is 0 Å². The molecule has 0 aromatic carbocycles. The minimum Gasteiger partial charge on any atom is -0.303 e. The molecule has 1 heterocycles. The van der Waals surface area contributed by atoms with Crippen LogP contribution in [0.2, 0.25) is 0 Å². The predicted molar refractivity (Wildman–Crippen MR) is 42.9 cm³/mol. The largest absolute Gasteiger partial charge is 0.303 e. The van der Waals surface area contributed by atoms with Crippen LogP contribution in [-0.2, 0) is 0 Å². The van der Waals surface area contributed by atoms with Gasteiger partial charge in [-0.25, -0.2) is 0 Å². The minimum atomic E-state index is 0.954. The van der Waals surface area contributed by atoms with Crippen LogP contribution >= 0.6 is 0 Å². The second-order valence-electron chi connectivity index (χ2n) is 4.08. The summed E-state index contributed by atoms with van der Waals surface area (Å²) in [7, 11) is 2.28. The highest BCUT2D eigenvalue weighted by atomic mass is 15.2. The molecule has 10 heavy (non-hydrogen) atoms. The highest BCUT2D eigenvalue weighted by Crippen LogP contribution is 2.40. The van der Waals surface area contributed by atoms with E-state index in [9.17, 15) is 0 Å². The molecule has 0 bridgehead atoms. The zero-order chi connectivity index (χ0) is 7.14. The molecule has 0 spiro atoms. The molecule has 1 aliphatic heterocycles. The fraction of sp³-hybridized carbons (Fsp3) is 1.00. The summed E-state index contributed by atoms with van der Waals surface area (Å²) in [5.41, 5.74) is 0. The summed E-state index contributed by atoms with van der Waals surface area (Å²) in [5.74, 6) is 2.02. The van der Waals surface area contributed by atoms with E-state index in [1.165, 1.54) is 25.8 Å². The summed E-state index contributed by atoms with van der Waals surface area (Å²) in [5, 5.41) is 0. The Labute approximate surface area is 63.4 Å². The second kappa shape index (κ2) is 2.23. The molecule has 2 rings (SSSR count). The van der Waals surface area contributed by atoms with E-state index in [1.54, 1.807) is 0 Å². The summed E-state index contributed by atoms with van der Waals surface area (Å²) in [6.07, 6.45) is 4.44. The van der Waals surface area contributed by atoms with Crippen LogP contribution in [0, 0.1) is 11.8 Å². The van der Waals surface area contributed by atoms with Crippen LogP contribution in [-0.4, -0.2) is 24.5 Å². The lowest BCUT2D eigenvalue weighted by molar-refractivity contribution is 0.294. The van der Waals surface area contributed by atoms with Crippen molar-refractivity contribution >= 4 is 0 Å². The number of nitrogens with zero attached hydrogens (tertiary/aromatic N) is 1. The summed E-state index contributed by atoms with van der Waals surface area (Å²) in [4.78, 5) is 2.56. The maximum atomic E-state index is 2.56. The van der Waals surface area contributed by atoms with Crippen molar-refractivity contribution < 1.29 is 0 Å². The molecule has 1 saturated carbocycles. The molecule has 2 aliphatic rings. The van der Waals surface area contributed by atoms with Crippen molar-refractivity contribution in [3.8, 4) is 0 Å². The molecule has 1 saturated heterocycles. The van der Waals surface area contributed by atoms with Crippen molar-refractivity contribution in [1.29, 1.82) is 0 Å². The SMILES string of the molecule is CC1CN(C)C2CCCC12. The molecule has 58 valence electrons. The maximum Gasteiger partial charge on any atom is 0.0124 e. The van der Waals surface area contributed by atoms with Gasteiger partial charge in [0.05, 0.1) is 0 Å². The number of rotatable bonds is 0. The van der Waals surface area contributed by atoms with Gasteiger partial charge >= 0.3 is 0 Å². The third kappa shape index (κ3) is 0.800. The molecule has 0 amide bonds. The fourth-order valence-electron chi connectivity index (χ4n) is 2.91. The van der Waals surface area contributed by atoms with Gasteiger partial charge in [0.1, 0.15) is 0 Å². The summed E-state index contributed by atoms with van der Waals surface area (Å²) < 4.78 is 0. The molecular formula is C9H17N. The van der Waals surface area contributed by atoms with E-state index in [1.807, 2.05) is 0 Å². The van der Waals surface area contributed by atoms with Crippen LogP contribution in [0.4, 0.5) is 0 Å². The van der Waals surface area contributed by atoms with Crippen molar-refractivity contribution in [3.05, 3.63) is 0 Å². The third-order valence-electron chi connectivity index (χ3n) is 3.40. The summed E-state index contributed by atoms with van der Waals surface area (Å²) in [6.45, 7) is 3.75. The van der Waals surface area contributed by atoms with Crippen LogP contribution in [0.5, 0.6) is 0 Å². The van der Waals surface area contributed by atoms with E-state index in [0.717, 1.165) is 17.9 Å². The monoisotopic (exact) mass is 139 g/mol. The van der Waals surface area contributed by atoms with Gasteiger partial charge in [-0.3, -0.25) is 0 Å².